The molecule has 1 N–H and O–H groups in total. The third kappa shape index (κ3) is 4.34. The van der Waals surface area contributed by atoms with Gasteiger partial charge in [0.15, 0.2) is 0 Å². The lowest BCUT2D eigenvalue weighted by Gasteiger charge is -2.26. The molecule has 0 aromatic carbocycles. The van der Waals surface area contributed by atoms with Crippen LogP contribution in [0.5, 0.6) is 0 Å². The van der Waals surface area contributed by atoms with Crippen molar-refractivity contribution in [3.63, 3.8) is 0 Å². The van der Waals surface area contributed by atoms with E-state index in [1.165, 1.54) is 32.1 Å². The van der Waals surface area contributed by atoms with Gasteiger partial charge in [0, 0.05) is 31.5 Å². The first-order valence-corrected chi connectivity index (χ1v) is 9.29. The van der Waals surface area contributed by atoms with E-state index < -0.39 is 0 Å². The Morgan fingerprint density at radius 3 is 2.25 bits per heavy atom. The number of hydrogen-bond donors (Lipinski definition) is 1. The molecular formula is C19H27N3O2. The van der Waals surface area contributed by atoms with Gasteiger partial charge in [-0.2, -0.15) is 0 Å². The molecule has 1 aromatic heterocycles. The van der Waals surface area contributed by atoms with Gasteiger partial charge >= 0.3 is 0 Å². The summed E-state index contributed by atoms with van der Waals surface area (Å²) in [4.78, 5) is 31.1. The fourth-order valence-electron chi connectivity index (χ4n) is 3.65. The molecule has 5 heteroatoms. The molecule has 1 aliphatic carbocycles. The van der Waals surface area contributed by atoms with Gasteiger partial charge in [0.1, 0.15) is 0 Å². The van der Waals surface area contributed by atoms with Crippen molar-refractivity contribution in [3.05, 3.63) is 29.6 Å². The highest BCUT2D eigenvalue weighted by Crippen LogP contribution is 2.18. The number of carbonyl (C=O) groups excluding carboxylic acids is 2. The number of amides is 2. The van der Waals surface area contributed by atoms with E-state index in [1.807, 2.05) is 4.90 Å². The Hall–Kier alpha value is -1.91. The Labute approximate surface area is 143 Å². The van der Waals surface area contributed by atoms with Crippen molar-refractivity contribution in [1.29, 1.82) is 0 Å². The highest BCUT2D eigenvalue weighted by atomic mass is 16.2. The molecule has 0 radical (unpaired) electrons. The largest absolute Gasteiger partial charge is 0.349 e. The molecule has 24 heavy (non-hydrogen) atoms. The Bertz CT molecular complexity index is 574. The van der Waals surface area contributed by atoms with Crippen molar-refractivity contribution in [3.8, 4) is 0 Å². The smallest absolute Gasteiger partial charge is 0.255 e. The summed E-state index contributed by atoms with van der Waals surface area (Å²) in [6.07, 6.45) is 13.4. The van der Waals surface area contributed by atoms with Gasteiger partial charge in [0.25, 0.3) is 11.8 Å². The Morgan fingerprint density at radius 2 is 1.54 bits per heavy atom. The van der Waals surface area contributed by atoms with Crippen LogP contribution >= 0.6 is 0 Å². The molecule has 0 atom stereocenters. The number of piperidine rings is 1. The third-order valence-electron chi connectivity index (χ3n) is 5.08. The van der Waals surface area contributed by atoms with Crippen LogP contribution in [0.25, 0.3) is 0 Å². The predicted molar refractivity (Wildman–Crippen MR) is 92.9 cm³/mol. The topological polar surface area (TPSA) is 62.3 Å². The van der Waals surface area contributed by atoms with Crippen molar-refractivity contribution in [2.45, 2.75) is 63.8 Å². The highest BCUT2D eigenvalue weighted by molar-refractivity contribution is 5.99. The average Bonchev–Trinajstić information content (AvgIpc) is 2.90. The number of hydrogen-bond acceptors (Lipinski definition) is 3. The number of likely N-dealkylation sites (tertiary alicyclic amines) is 1. The summed E-state index contributed by atoms with van der Waals surface area (Å²) >= 11 is 0. The zero-order chi connectivity index (χ0) is 16.8. The first-order valence-electron chi connectivity index (χ1n) is 9.29. The van der Waals surface area contributed by atoms with Crippen molar-refractivity contribution in [2.75, 3.05) is 13.1 Å². The van der Waals surface area contributed by atoms with Gasteiger partial charge in [-0.05, 0) is 38.2 Å². The molecule has 0 unspecified atom stereocenters. The van der Waals surface area contributed by atoms with Crippen molar-refractivity contribution in [2.24, 2.45) is 0 Å². The molecule has 2 aliphatic rings. The lowest BCUT2D eigenvalue weighted by atomic mass is 10.1. The summed E-state index contributed by atoms with van der Waals surface area (Å²) < 4.78 is 0. The number of pyridine rings is 1. The van der Waals surface area contributed by atoms with Crippen LogP contribution in [0.1, 0.15) is 78.5 Å². The molecular weight excluding hydrogens is 302 g/mol. The summed E-state index contributed by atoms with van der Waals surface area (Å²) in [6, 6.07) is 1.94. The molecule has 5 nitrogen and oxygen atoms in total. The minimum atomic E-state index is -0.109. The van der Waals surface area contributed by atoms with Gasteiger partial charge in [0.2, 0.25) is 0 Å². The van der Waals surface area contributed by atoms with Crippen molar-refractivity contribution < 1.29 is 9.59 Å². The third-order valence-corrected chi connectivity index (χ3v) is 5.08. The van der Waals surface area contributed by atoms with E-state index in [0.717, 1.165) is 38.8 Å². The maximum absolute atomic E-state index is 12.6. The van der Waals surface area contributed by atoms with E-state index in [2.05, 4.69) is 10.3 Å². The van der Waals surface area contributed by atoms with E-state index >= 15 is 0 Å². The number of carbonyl (C=O) groups is 2. The van der Waals surface area contributed by atoms with Crippen LogP contribution in [-0.2, 0) is 0 Å². The minimum Gasteiger partial charge on any atom is -0.349 e. The lowest BCUT2D eigenvalue weighted by molar-refractivity contribution is 0.0724. The molecule has 0 spiro atoms. The van der Waals surface area contributed by atoms with Crippen LogP contribution in [0, 0.1) is 0 Å². The number of rotatable bonds is 3. The summed E-state index contributed by atoms with van der Waals surface area (Å²) in [5.74, 6) is -0.117. The molecule has 1 aliphatic heterocycles. The van der Waals surface area contributed by atoms with Crippen LogP contribution in [-0.4, -0.2) is 40.8 Å². The van der Waals surface area contributed by atoms with E-state index in [-0.39, 0.29) is 17.9 Å². The highest BCUT2D eigenvalue weighted by Gasteiger charge is 2.21. The molecule has 2 heterocycles. The van der Waals surface area contributed by atoms with Gasteiger partial charge in [-0.15, -0.1) is 0 Å². The minimum absolute atomic E-state index is 0.00804. The standard InChI is InChI=1S/C19H27N3O2/c23-18(21-17-8-4-1-2-5-9-17)15-12-16(14-20-13-15)19(24)22-10-6-3-7-11-22/h12-14,17H,1-11H2,(H,21,23). The second kappa shape index (κ2) is 8.27. The van der Waals surface area contributed by atoms with Gasteiger partial charge < -0.3 is 10.2 Å². The fourth-order valence-corrected chi connectivity index (χ4v) is 3.65. The molecule has 1 aromatic rings. The molecule has 2 fully saturated rings. The Balaban J connectivity index is 1.65. The molecule has 3 rings (SSSR count). The van der Waals surface area contributed by atoms with E-state index in [0.29, 0.717) is 11.1 Å². The number of nitrogens with one attached hydrogen (secondary N) is 1. The average molecular weight is 329 g/mol. The Morgan fingerprint density at radius 1 is 0.917 bits per heavy atom. The summed E-state index contributed by atoms with van der Waals surface area (Å²) in [6.45, 7) is 1.61. The zero-order valence-electron chi connectivity index (χ0n) is 14.3. The van der Waals surface area contributed by atoms with Crippen molar-refractivity contribution in [1.82, 2.24) is 15.2 Å². The molecule has 130 valence electrons. The predicted octanol–water partition coefficient (Wildman–Crippen LogP) is 3.16. The Kier molecular flexibility index (Phi) is 5.83. The molecule has 1 saturated carbocycles. The van der Waals surface area contributed by atoms with Crippen LogP contribution in [0.3, 0.4) is 0 Å². The number of aromatic nitrogens is 1. The van der Waals surface area contributed by atoms with E-state index in [9.17, 15) is 9.59 Å². The summed E-state index contributed by atoms with van der Waals surface area (Å²) in [7, 11) is 0. The first-order chi connectivity index (χ1) is 11.7. The molecule has 0 bridgehead atoms. The normalized spacial score (nSPS) is 19.6. The second-order valence-electron chi connectivity index (χ2n) is 6.98. The van der Waals surface area contributed by atoms with Gasteiger partial charge in [-0.3, -0.25) is 14.6 Å². The summed E-state index contributed by atoms with van der Waals surface area (Å²) in [5, 5.41) is 3.12. The maximum atomic E-state index is 12.6. The fraction of sp³-hybridized carbons (Fsp3) is 0.632. The number of nitrogens with zero attached hydrogens (tertiary/aromatic N) is 2. The van der Waals surface area contributed by atoms with Crippen LogP contribution < -0.4 is 5.32 Å². The summed E-state index contributed by atoms with van der Waals surface area (Å²) in [5.41, 5.74) is 1.01. The van der Waals surface area contributed by atoms with Crippen LogP contribution in [0.2, 0.25) is 0 Å². The van der Waals surface area contributed by atoms with Crippen LogP contribution in [0.15, 0.2) is 18.5 Å². The zero-order valence-corrected chi connectivity index (χ0v) is 14.3. The second-order valence-corrected chi connectivity index (χ2v) is 6.98. The van der Waals surface area contributed by atoms with Crippen LogP contribution in [0.4, 0.5) is 0 Å². The van der Waals surface area contributed by atoms with E-state index in [1.54, 1.807) is 18.5 Å². The monoisotopic (exact) mass is 329 g/mol. The molecule has 1 saturated heterocycles. The quantitative estimate of drug-likeness (QED) is 0.867. The SMILES string of the molecule is O=C(NC1CCCCCC1)c1cncc(C(=O)N2CCCCC2)c1. The van der Waals surface area contributed by atoms with Crippen molar-refractivity contribution >= 4 is 11.8 Å². The van der Waals surface area contributed by atoms with Gasteiger partial charge in [-0.25, -0.2) is 0 Å². The first kappa shape index (κ1) is 16.9. The van der Waals surface area contributed by atoms with Gasteiger partial charge in [0.05, 0.1) is 11.1 Å². The maximum Gasteiger partial charge on any atom is 0.255 e. The van der Waals surface area contributed by atoms with Gasteiger partial charge in [-0.1, -0.05) is 25.7 Å². The van der Waals surface area contributed by atoms with E-state index in [4.69, 9.17) is 0 Å². The lowest BCUT2D eigenvalue weighted by Crippen LogP contribution is -2.36. The molecule has 2 amide bonds.